The number of benzene rings is 1. The van der Waals surface area contributed by atoms with Crippen LogP contribution in [0.25, 0.3) is 11.4 Å². The summed E-state index contributed by atoms with van der Waals surface area (Å²) in [5, 5.41) is 13.5. The van der Waals surface area contributed by atoms with Gasteiger partial charge < -0.3 is 4.74 Å². The number of rotatable bonds is 5. The van der Waals surface area contributed by atoms with E-state index >= 15 is 0 Å². The monoisotopic (exact) mass is 344 g/mol. The van der Waals surface area contributed by atoms with Gasteiger partial charge in [-0.1, -0.05) is 18.2 Å². The number of aromatic amines is 1. The summed E-state index contributed by atoms with van der Waals surface area (Å²) in [6.07, 6.45) is 1.89. The average molecular weight is 344 g/mol. The second kappa shape index (κ2) is 6.89. The standard InChI is InChI=1S/C16H16N4OS2/c1-11(2)21-13-6-3-5-12(9-13)15-18-19-16(22)20(15)17-10-14-7-4-8-23-14/h3-11H,1-2H3,(H,19,22). The third-order valence-corrected chi connectivity index (χ3v) is 4.03. The normalized spacial score (nSPS) is 11.4. The number of hydrogen-bond acceptors (Lipinski definition) is 5. The van der Waals surface area contributed by atoms with Crippen molar-refractivity contribution >= 4 is 29.8 Å². The number of H-pyrrole nitrogens is 1. The topological polar surface area (TPSA) is 55.2 Å². The van der Waals surface area contributed by atoms with Gasteiger partial charge in [0.05, 0.1) is 12.3 Å². The predicted octanol–water partition coefficient (Wildman–Crippen LogP) is 4.34. The Morgan fingerprint density at radius 1 is 1.35 bits per heavy atom. The minimum atomic E-state index is 0.114. The molecule has 1 aromatic carbocycles. The minimum Gasteiger partial charge on any atom is -0.491 e. The first-order valence-corrected chi connectivity index (χ1v) is 8.44. The van der Waals surface area contributed by atoms with E-state index in [0.29, 0.717) is 10.6 Å². The van der Waals surface area contributed by atoms with Gasteiger partial charge >= 0.3 is 0 Å². The van der Waals surface area contributed by atoms with Crippen molar-refractivity contribution in [3.63, 3.8) is 0 Å². The van der Waals surface area contributed by atoms with E-state index in [9.17, 15) is 0 Å². The molecule has 3 rings (SSSR count). The predicted molar refractivity (Wildman–Crippen MR) is 95.9 cm³/mol. The van der Waals surface area contributed by atoms with Crippen LogP contribution in [-0.4, -0.2) is 27.2 Å². The zero-order valence-corrected chi connectivity index (χ0v) is 14.4. The lowest BCUT2D eigenvalue weighted by atomic mass is 10.2. The lowest BCUT2D eigenvalue weighted by molar-refractivity contribution is 0.242. The summed E-state index contributed by atoms with van der Waals surface area (Å²) in [7, 11) is 0. The van der Waals surface area contributed by atoms with Gasteiger partial charge in [0.1, 0.15) is 5.75 Å². The van der Waals surface area contributed by atoms with Gasteiger partial charge in [-0.3, -0.25) is 0 Å². The van der Waals surface area contributed by atoms with Crippen LogP contribution in [0.5, 0.6) is 5.75 Å². The molecule has 0 saturated heterocycles. The van der Waals surface area contributed by atoms with Crippen molar-refractivity contribution < 1.29 is 4.74 Å². The molecule has 5 nitrogen and oxygen atoms in total. The molecule has 0 radical (unpaired) electrons. The lowest BCUT2D eigenvalue weighted by Crippen LogP contribution is -2.05. The van der Waals surface area contributed by atoms with Gasteiger partial charge in [0, 0.05) is 10.4 Å². The molecule has 3 aromatic rings. The summed E-state index contributed by atoms with van der Waals surface area (Å²) >= 11 is 6.89. The Balaban J connectivity index is 1.96. The van der Waals surface area contributed by atoms with Gasteiger partial charge in [0.2, 0.25) is 4.77 Å². The van der Waals surface area contributed by atoms with Crippen LogP contribution in [0.2, 0.25) is 0 Å². The van der Waals surface area contributed by atoms with Gasteiger partial charge in [-0.25, -0.2) is 5.10 Å². The van der Waals surface area contributed by atoms with Crippen molar-refractivity contribution in [2.24, 2.45) is 5.10 Å². The highest BCUT2D eigenvalue weighted by Crippen LogP contribution is 2.23. The Bertz CT molecular complexity index is 862. The van der Waals surface area contributed by atoms with E-state index in [-0.39, 0.29) is 6.10 Å². The molecule has 0 bridgehead atoms. The van der Waals surface area contributed by atoms with Gasteiger partial charge in [-0.2, -0.15) is 14.9 Å². The SMILES string of the molecule is CC(C)Oc1cccc(-c2n[nH]c(=S)n2N=Cc2cccs2)c1. The highest BCUT2D eigenvalue weighted by Gasteiger charge is 2.09. The molecule has 7 heteroatoms. The largest absolute Gasteiger partial charge is 0.491 e. The van der Waals surface area contributed by atoms with Gasteiger partial charge in [-0.05, 0) is 49.6 Å². The number of hydrogen-bond donors (Lipinski definition) is 1. The van der Waals surface area contributed by atoms with E-state index in [0.717, 1.165) is 16.2 Å². The van der Waals surface area contributed by atoms with Crippen molar-refractivity contribution in [2.75, 3.05) is 0 Å². The third kappa shape index (κ3) is 3.75. The van der Waals surface area contributed by atoms with Crippen LogP contribution in [0, 0.1) is 4.77 Å². The fraction of sp³-hybridized carbons (Fsp3) is 0.188. The van der Waals surface area contributed by atoms with Crippen LogP contribution in [0.4, 0.5) is 0 Å². The Morgan fingerprint density at radius 2 is 2.22 bits per heavy atom. The maximum absolute atomic E-state index is 5.73. The van der Waals surface area contributed by atoms with Crippen LogP contribution < -0.4 is 4.74 Å². The van der Waals surface area contributed by atoms with Gasteiger partial charge in [0.15, 0.2) is 5.82 Å². The third-order valence-electron chi connectivity index (χ3n) is 2.96. The second-order valence-corrected chi connectivity index (χ2v) is 6.48. The van der Waals surface area contributed by atoms with E-state index in [1.54, 1.807) is 22.2 Å². The van der Waals surface area contributed by atoms with Crippen molar-refractivity contribution in [3.8, 4) is 17.1 Å². The molecular formula is C16H16N4OS2. The molecule has 0 amide bonds. The molecule has 0 spiro atoms. The highest BCUT2D eigenvalue weighted by atomic mass is 32.1. The number of ether oxygens (including phenoxy) is 1. The van der Waals surface area contributed by atoms with Crippen LogP contribution in [-0.2, 0) is 0 Å². The number of aromatic nitrogens is 3. The Morgan fingerprint density at radius 3 is 2.96 bits per heavy atom. The molecule has 1 N–H and O–H groups in total. The maximum Gasteiger partial charge on any atom is 0.216 e. The maximum atomic E-state index is 5.73. The number of thiophene rings is 1. The summed E-state index contributed by atoms with van der Waals surface area (Å²) < 4.78 is 7.79. The van der Waals surface area contributed by atoms with E-state index in [1.165, 1.54) is 0 Å². The first kappa shape index (κ1) is 15.6. The highest BCUT2D eigenvalue weighted by molar-refractivity contribution is 7.71. The number of nitrogens with zero attached hydrogens (tertiary/aromatic N) is 3. The summed E-state index contributed by atoms with van der Waals surface area (Å²) in [5.41, 5.74) is 0.888. The van der Waals surface area contributed by atoms with Crippen LogP contribution in [0.1, 0.15) is 18.7 Å². The van der Waals surface area contributed by atoms with E-state index in [4.69, 9.17) is 17.0 Å². The Hall–Kier alpha value is -2.25. The molecule has 0 unspecified atom stereocenters. The molecule has 2 aromatic heterocycles. The summed E-state index contributed by atoms with van der Waals surface area (Å²) in [6, 6.07) is 11.7. The van der Waals surface area contributed by atoms with E-state index in [1.807, 2.05) is 55.6 Å². The molecule has 23 heavy (non-hydrogen) atoms. The van der Waals surface area contributed by atoms with Gasteiger partial charge in [-0.15, -0.1) is 11.3 Å². The fourth-order valence-corrected chi connectivity index (χ4v) is 2.80. The lowest BCUT2D eigenvalue weighted by Gasteiger charge is -2.10. The van der Waals surface area contributed by atoms with Gasteiger partial charge in [0.25, 0.3) is 0 Å². The van der Waals surface area contributed by atoms with Crippen LogP contribution >= 0.6 is 23.6 Å². The molecule has 118 valence electrons. The molecule has 0 saturated carbocycles. The van der Waals surface area contributed by atoms with Crippen molar-refractivity contribution in [1.82, 2.24) is 14.9 Å². The van der Waals surface area contributed by atoms with Crippen LogP contribution in [0.3, 0.4) is 0 Å². The first-order valence-electron chi connectivity index (χ1n) is 7.16. The van der Waals surface area contributed by atoms with Crippen molar-refractivity contribution in [1.29, 1.82) is 0 Å². The van der Waals surface area contributed by atoms with Crippen molar-refractivity contribution in [2.45, 2.75) is 20.0 Å². The summed E-state index contributed by atoms with van der Waals surface area (Å²) in [6.45, 7) is 3.99. The zero-order chi connectivity index (χ0) is 16.2. The second-order valence-electron chi connectivity index (χ2n) is 5.12. The molecule has 0 aliphatic heterocycles. The number of nitrogens with one attached hydrogen (secondary N) is 1. The molecule has 0 atom stereocenters. The fourth-order valence-electron chi connectivity index (χ4n) is 2.05. The summed E-state index contributed by atoms with van der Waals surface area (Å²) in [5.74, 6) is 1.44. The zero-order valence-electron chi connectivity index (χ0n) is 12.8. The quantitative estimate of drug-likeness (QED) is 0.553. The molecular weight excluding hydrogens is 328 g/mol. The molecule has 0 fully saturated rings. The van der Waals surface area contributed by atoms with E-state index < -0.39 is 0 Å². The van der Waals surface area contributed by atoms with E-state index in [2.05, 4.69) is 15.3 Å². The average Bonchev–Trinajstić information content (AvgIpc) is 3.14. The minimum absolute atomic E-state index is 0.114. The first-order chi connectivity index (χ1) is 11.1. The summed E-state index contributed by atoms with van der Waals surface area (Å²) in [4.78, 5) is 1.05. The van der Waals surface area contributed by atoms with Crippen molar-refractivity contribution in [3.05, 3.63) is 51.4 Å². The Labute approximate surface area is 143 Å². The Kier molecular flexibility index (Phi) is 4.68. The molecule has 2 heterocycles. The smallest absolute Gasteiger partial charge is 0.216 e. The molecule has 0 aliphatic carbocycles. The van der Waals surface area contributed by atoms with Crippen LogP contribution in [0.15, 0.2) is 46.9 Å². The molecule has 0 aliphatic rings.